The average Bonchev–Trinajstić information content (AvgIpc) is 2.08. The SMILES string of the molecule is OC(O)(O)C(O)(O)O.OC(O)(O)C(O)(O)O.OC(O)(O)C(O)(O)O.[Sb]. The first-order chi connectivity index (χ1) is 9.75. The maximum atomic E-state index is 7.72. The molecule has 0 atom stereocenters. The van der Waals surface area contributed by atoms with Gasteiger partial charge in [0.1, 0.15) is 0 Å². The molecular weight excluding hydrogens is 482 g/mol. The zero-order valence-corrected chi connectivity index (χ0v) is 14.0. The molecule has 0 unspecified atom stereocenters. The van der Waals surface area contributed by atoms with Crippen molar-refractivity contribution in [2.24, 2.45) is 0 Å². The maximum absolute atomic E-state index is 7.72. The number of rotatable bonds is 3. The van der Waals surface area contributed by atoms with Crippen LogP contribution in [0.4, 0.5) is 0 Å². The van der Waals surface area contributed by atoms with Gasteiger partial charge in [-0.2, -0.15) is 0 Å². The third-order valence-electron chi connectivity index (χ3n) is 1.35. The molecule has 0 rings (SSSR count). The van der Waals surface area contributed by atoms with Crippen molar-refractivity contribution in [2.75, 3.05) is 0 Å². The Labute approximate surface area is 152 Å². The summed E-state index contributed by atoms with van der Waals surface area (Å²) in [6.45, 7) is 0. The summed E-state index contributed by atoms with van der Waals surface area (Å²) < 4.78 is 0. The van der Waals surface area contributed by atoms with Crippen LogP contribution in [0, 0.1) is 0 Å². The smallest absolute Gasteiger partial charge is 0.337 e. The van der Waals surface area contributed by atoms with Gasteiger partial charge in [-0.25, -0.2) is 0 Å². The molecule has 0 aromatic rings. The van der Waals surface area contributed by atoms with E-state index in [0.717, 1.165) is 0 Å². The molecule has 0 heterocycles. The molecule has 0 aliphatic rings. The second-order valence-electron chi connectivity index (χ2n) is 3.81. The Morgan fingerprint density at radius 1 is 0.200 bits per heavy atom. The van der Waals surface area contributed by atoms with Crippen molar-refractivity contribution in [1.82, 2.24) is 0 Å². The van der Waals surface area contributed by atoms with E-state index in [0.29, 0.717) is 0 Å². The van der Waals surface area contributed by atoms with E-state index in [4.69, 9.17) is 91.9 Å². The summed E-state index contributed by atoms with van der Waals surface area (Å²) in [7, 11) is 0. The van der Waals surface area contributed by atoms with Gasteiger partial charge in [-0.3, -0.25) is 0 Å². The molecule has 0 aliphatic heterocycles. The van der Waals surface area contributed by atoms with Crippen LogP contribution >= 0.6 is 0 Å². The van der Waals surface area contributed by atoms with Gasteiger partial charge < -0.3 is 91.9 Å². The van der Waals surface area contributed by atoms with Crippen LogP contribution in [0.15, 0.2) is 0 Å². The molecule has 155 valence electrons. The summed E-state index contributed by atoms with van der Waals surface area (Å²) in [5.74, 6) is -23.4. The second-order valence-corrected chi connectivity index (χ2v) is 3.81. The molecule has 3 radical (unpaired) electrons. The van der Waals surface area contributed by atoms with Crippen LogP contribution in [-0.4, -0.2) is 152 Å². The molecule has 0 aliphatic carbocycles. The summed E-state index contributed by atoms with van der Waals surface area (Å²) in [5.41, 5.74) is 0. The summed E-state index contributed by atoms with van der Waals surface area (Å²) in [4.78, 5) is 0. The van der Waals surface area contributed by atoms with Crippen molar-refractivity contribution in [1.29, 1.82) is 0 Å². The van der Waals surface area contributed by atoms with Crippen LogP contribution < -0.4 is 0 Å². The fourth-order valence-corrected chi connectivity index (χ4v) is 0. The van der Waals surface area contributed by atoms with E-state index in [2.05, 4.69) is 0 Å². The zero-order valence-electron chi connectivity index (χ0n) is 11.5. The molecule has 0 fully saturated rings. The van der Waals surface area contributed by atoms with Crippen LogP contribution in [0.25, 0.3) is 0 Å². The molecule has 0 aromatic heterocycles. The van der Waals surface area contributed by atoms with E-state index < -0.39 is 35.8 Å². The number of aliphatic hydroxyl groups is 18. The van der Waals surface area contributed by atoms with E-state index in [1.807, 2.05) is 0 Å². The summed E-state index contributed by atoms with van der Waals surface area (Å²) in [5, 5.41) is 139. The Bertz CT molecular complexity index is 248. The fourth-order valence-electron chi connectivity index (χ4n) is 0. The van der Waals surface area contributed by atoms with Gasteiger partial charge in [0.05, 0.1) is 0 Å². The van der Waals surface area contributed by atoms with Crippen LogP contribution in [0.5, 0.6) is 0 Å². The van der Waals surface area contributed by atoms with Crippen molar-refractivity contribution in [3.05, 3.63) is 0 Å². The molecule has 0 spiro atoms. The van der Waals surface area contributed by atoms with Gasteiger partial charge >= 0.3 is 35.8 Å². The van der Waals surface area contributed by atoms with Crippen LogP contribution in [0.1, 0.15) is 0 Å². The van der Waals surface area contributed by atoms with E-state index in [9.17, 15) is 0 Å². The van der Waals surface area contributed by atoms with Gasteiger partial charge in [-0.05, 0) is 0 Å². The van der Waals surface area contributed by atoms with Crippen molar-refractivity contribution in [3.8, 4) is 0 Å². The van der Waals surface area contributed by atoms with Crippen molar-refractivity contribution in [2.45, 2.75) is 35.8 Å². The van der Waals surface area contributed by atoms with E-state index >= 15 is 0 Å². The van der Waals surface area contributed by atoms with E-state index in [-0.39, 0.29) is 24.4 Å². The minimum Gasteiger partial charge on any atom is -0.337 e. The van der Waals surface area contributed by atoms with E-state index in [1.54, 1.807) is 0 Å². The maximum Gasteiger partial charge on any atom is 0.362 e. The van der Waals surface area contributed by atoms with Gasteiger partial charge in [0, 0.05) is 24.4 Å². The first kappa shape index (κ1) is 32.7. The topological polar surface area (TPSA) is 364 Å². The van der Waals surface area contributed by atoms with E-state index in [1.165, 1.54) is 0 Å². The van der Waals surface area contributed by atoms with Crippen LogP contribution in [0.3, 0.4) is 0 Å². The Morgan fingerprint density at radius 3 is 0.240 bits per heavy atom. The third kappa shape index (κ3) is 16.0. The number of hydrogen-bond donors (Lipinski definition) is 18. The molecule has 0 bridgehead atoms. The molecule has 19 heteroatoms. The molecular formula is C6H18O18Sb. The predicted molar refractivity (Wildman–Crippen MR) is 62.1 cm³/mol. The normalized spacial score (nSPS) is 13.7. The molecule has 18 N–H and O–H groups in total. The molecule has 0 saturated carbocycles. The van der Waals surface area contributed by atoms with Gasteiger partial charge in [-0.1, -0.05) is 0 Å². The Kier molecular flexibility index (Phi) is 12.9. The molecule has 25 heavy (non-hydrogen) atoms. The summed E-state index contributed by atoms with van der Waals surface area (Å²) >= 11 is 0. The van der Waals surface area contributed by atoms with Crippen molar-refractivity contribution in [3.63, 3.8) is 0 Å². The zero-order chi connectivity index (χ0) is 21.0. The summed E-state index contributed by atoms with van der Waals surface area (Å²) in [6.07, 6.45) is 0. The van der Waals surface area contributed by atoms with Crippen molar-refractivity contribution >= 4 is 24.4 Å². The van der Waals surface area contributed by atoms with Gasteiger partial charge in [-0.15, -0.1) is 0 Å². The fraction of sp³-hybridized carbons (Fsp3) is 1.00. The number of hydrogen-bond acceptors (Lipinski definition) is 18. The predicted octanol–water partition coefficient (Wildman–Crippen LogP) is -11.6. The molecule has 0 saturated heterocycles. The Morgan fingerprint density at radius 2 is 0.240 bits per heavy atom. The van der Waals surface area contributed by atoms with Crippen LogP contribution in [-0.2, 0) is 0 Å². The average molecular weight is 500 g/mol. The van der Waals surface area contributed by atoms with Crippen molar-refractivity contribution < 1.29 is 91.9 Å². The quantitative estimate of drug-likeness (QED) is 0.126. The first-order valence-corrected chi connectivity index (χ1v) is 4.77. The van der Waals surface area contributed by atoms with Crippen LogP contribution in [0.2, 0.25) is 0 Å². The summed E-state index contributed by atoms with van der Waals surface area (Å²) in [6, 6.07) is 0. The third-order valence-corrected chi connectivity index (χ3v) is 1.35. The molecule has 0 aromatic carbocycles. The Balaban J connectivity index is -0.000000130. The minimum atomic E-state index is -3.90. The molecule has 0 amide bonds. The van der Waals surface area contributed by atoms with Gasteiger partial charge in [0.2, 0.25) is 0 Å². The second kappa shape index (κ2) is 9.87. The van der Waals surface area contributed by atoms with Gasteiger partial charge in [0.15, 0.2) is 0 Å². The standard InChI is InChI=1S/3C2H6O6.Sb/c3*3-1(4,5)2(6,7)8;/h3*3-8H;. The minimum absolute atomic E-state index is 0. The monoisotopic (exact) mass is 499 g/mol. The first-order valence-electron chi connectivity index (χ1n) is 4.77. The van der Waals surface area contributed by atoms with Gasteiger partial charge in [0.25, 0.3) is 0 Å². The molecule has 18 nitrogen and oxygen atoms in total. The largest absolute Gasteiger partial charge is 0.362 e. The Hall–Kier alpha value is 0.0982.